The van der Waals surface area contributed by atoms with Crippen molar-refractivity contribution in [3.63, 3.8) is 0 Å². The molecule has 0 aliphatic heterocycles. The summed E-state index contributed by atoms with van der Waals surface area (Å²) in [6.45, 7) is 5.50. The predicted octanol–water partition coefficient (Wildman–Crippen LogP) is 6.78. The number of hydrogen-bond acceptors (Lipinski definition) is 8. The molecule has 0 atom stereocenters. The largest absolute Gasteiger partial charge is 0.506 e. The maximum Gasteiger partial charge on any atom is 0.303 e. The van der Waals surface area contributed by atoms with Crippen LogP contribution in [0.2, 0.25) is 0 Å². The van der Waals surface area contributed by atoms with Gasteiger partial charge in [0.05, 0.1) is 15.9 Å². The van der Waals surface area contributed by atoms with E-state index in [4.69, 9.17) is 0 Å². The van der Waals surface area contributed by atoms with Gasteiger partial charge in [-0.05, 0) is 42.8 Å². The summed E-state index contributed by atoms with van der Waals surface area (Å²) in [5.74, 6) is -0.127. The van der Waals surface area contributed by atoms with Gasteiger partial charge in [-0.3, -0.25) is 20.2 Å². The lowest BCUT2D eigenvalue weighted by Gasteiger charge is -2.24. The number of non-ortho nitro benzene ring substituents is 1. The third-order valence-electron chi connectivity index (χ3n) is 5.66. The second-order valence-corrected chi connectivity index (χ2v) is 7.57. The average molecular weight is 459 g/mol. The highest BCUT2D eigenvalue weighted by atomic mass is 16.6. The van der Waals surface area contributed by atoms with Crippen molar-refractivity contribution in [3.8, 4) is 5.75 Å². The van der Waals surface area contributed by atoms with Gasteiger partial charge in [-0.1, -0.05) is 24.3 Å². The lowest BCUT2D eigenvalue weighted by atomic mass is 10.00. The molecule has 0 aliphatic rings. The molecule has 4 aromatic carbocycles. The van der Waals surface area contributed by atoms with Crippen LogP contribution in [0.1, 0.15) is 13.8 Å². The first-order valence-corrected chi connectivity index (χ1v) is 10.6. The summed E-state index contributed by atoms with van der Waals surface area (Å²) < 4.78 is 0. The number of hydrogen-bond donors (Lipinski definition) is 1. The molecule has 10 heteroatoms. The zero-order valence-corrected chi connectivity index (χ0v) is 18.5. The van der Waals surface area contributed by atoms with Gasteiger partial charge in [-0.2, -0.15) is 0 Å². The van der Waals surface area contributed by atoms with E-state index in [1.54, 1.807) is 6.07 Å². The van der Waals surface area contributed by atoms with Crippen LogP contribution in [0.15, 0.2) is 70.9 Å². The summed E-state index contributed by atoms with van der Waals surface area (Å²) >= 11 is 0. The van der Waals surface area contributed by atoms with Gasteiger partial charge in [0.15, 0.2) is 5.69 Å². The Morgan fingerprint density at radius 2 is 1.50 bits per heavy atom. The first-order valence-electron chi connectivity index (χ1n) is 10.6. The Morgan fingerprint density at radius 3 is 2.09 bits per heavy atom. The highest BCUT2D eigenvalue weighted by Crippen LogP contribution is 2.44. The van der Waals surface area contributed by atoms with Gasteiger partial charge >= 0.3 is 5.69 Å². The number of nitrogens with zero attached hydrogens (tertiary/aromatic N) is 5. The van der Waals surface area contributed by atoms with Gasteiger partial charge in [-0.25, -0.2) is 0 Å². The minimum absolute atomic E-state index is 0.127. The molecule has 0 amide bonds. The molecule has 0 radical (unpaired) electrons. The zero-order chi connectivity index (χ0) is 24.4. The Bertz CT molecular complexity index is 1460. The number of azo groups is 1. The van der Waals surface area contributed by atoms with Crippen LogP contribution in [0.25, 0.3) is 21.5 Å². The van der Waals surface area contributed by atoms with E-state index in [1.165, 1.54) is 6.07 Å². The number of phenolic OH excluding ortho intramolecular Hbond substituents is 1. The zero-order valence-electron chi connectivity index (χ0n) is 18.5. The lowest BCUT2D eigenvalue weighted by Crippen LogP contribution is -2.22. The van der Waals surface area contributed by atoms with Gasteiger partial charge in [0.25, 0.3) is 5.69 Å². The van der Waals surface area contributed by atoms with E-state index in [1.807, 2.05) is 50.2 Å². The Labute approximate surface area is 194 Å². The van der Waals surface area contributed by atoms with Crippen LogP contribution in [-0.2, 0) is 0 Å². The van der Waals surface area contributed by atoms with Crippen LogP contribution in [-0.4, -0.2) is 28.0 Å². The molecule has 0 spiro atoms. The molecule has 0 saturated carbocycles. The van der Waals surface area contributed by atoms with Crippen molar-refractivity contribution in [2.75, 3.05) is 18.0 Å². The smallest absolute Gasteiger partial charge is 0.303 e. The molecule has 0 bridgehead atoms. The topological polar surface area (TPSA) is 134 Å². The van der Waals surface area contributed by atoms with Crippen LogP contribution in [0.4, 0.5) is 28.4 Å². The fourth-order valence-electron chi connectivity index (χ4n) is 3.95. The van der Waals surface area contributed by atoms with E-state index >= 15 is 0 Å². The first-order chi connectivity index (χ1) is 16.3. The van der Waals surface area contributed by atoms with Crippen molar-refractivity contribution in [2.24, 2.45) is 10.2 Å². The van der Waals surface area contributed by atoms with Crippen LogP contribution in [0.5, 0.6) is 5.75 Å². The molecule has 0 fully saturated rings. The Morgan fingerprint density at radius 1 is 0.853 bits per heavy atom. The predicted molar refractivity (Wildman–Crippen MR) is 131 cm³/mol. The number of anilines is 1. The number of nitro benzene ring substituents is 2. The second kappa shape index (κ2) is 9.10. The molecular formula is C24H21N5O5. The van der Waals surface area contributed by atoms with Crippen molar-refractivity contribution < 1.29 is 15.0 Å². The molecular weight excluding hydrogens is 438 g/mol. The van der Waals surface area contributed by atoms with Crippen molar-refractivity contribution in [2.45, 2.75) is 13.8 Å². The minimum atomic E-state index is -0.754. The summed E-state index contributed by atoms with van der Waals surface area (Å²) in [4.78, 5) is 23.1. The SMILES string of the molecule is CCN(CC)c1cc(O)c(N=Nc2ccc([N+](=O)[O-])cc2[N+](=O)[O-])c2cc3ccccc3cc12. The normalized spacial score (nSPS) is 11.4. The quantitative estimate of drug-likeness (QED) is 0.140. The van der Waals surface area contributed by atoms with Crippen LogP contribution >= 0.6 is 0 Å². The number of aromatic hydroxyl groups is 1. The number of rotatable bonds is 7. The molecule has 0 aromatic heterocycles. The molecule has 4 aromatic rings. The molecule has 1 N–H and O–H groups in total. The van der Waals surface area contributed by atoms with Crippen molar-refractivity contribution >= 4 is 50.0 Å². The van der Waals surface area contributed by atoms with Crippen molar-refractivity contribution in [1.29, 1.82) is 0 Å². The van der Waals surface area contributed by atoms with Crippen LogP contribution in [0, 0.1) is 20.2 Å². The van der Waals surface area contributed by atoms with Gasteiger partial charge in [0, 0.05) is 41.7 Å². The van der Waals surface area contributed by atoms with E-state index in [-0.39, 0.29) is 17.1 Å². The number of nitro groups is 2. The summed E-state index contributed by atoms with van der Waals surface area (Å²) in [5, 5.41) is 44.9. The Balaban J connectivity index is 1.94. The van der Waals surface area contributed by atoms with Crippen LogP contribution < -0.4 is 4.90 Å². The van der Waals surface area contributed by atoms with E-state index in [0.717, 1.165) is 47.1 Å². The van der Waals surface area contributed by atoms with Crippen LogP contribution in [0.3, 0.4) is 0 Å². The highest BCUT2D eigenvalue weighted by Gasteiger charge is 2.20. The molecule has 0 saturated heterocycles. The average Bonchev–Trinajstić information content (AvgIpc) is 2.83. The number of benzene rings is 4. The number of fused-ring (bicyclic) bond motifs is 2. The van der Waals surface area contributed by atoms with Crippen molar-refractivity contribution in [1.82, 2.24) is 0 Å². The molecule has 10 nitrogen and oxygen atoms in total. The minimum Gasteiger partial charge on any atom is -0.506 e. The molecule has 4 rings (SSSR count). The third kappa shape index (κ3) is 4.08. The monoisotopic (exact) mass is 459 g/mol. The fourth-order valence-corrected chi connectivity index (χ4v) is 3.95. The third-order valence-corrected chi connectivity index (χ3v) is 5.66. The molecule has 0 heterocycles. The van der Waals surface area contributed by atoms with Gasteiger partial charge in [-0.15, -0.1) is 10.2 Å². The molecule has 0 unspecified atom stereocenters. The highest BCUT2D eigenvalue weighted by molar-refractivity contribution is 6.10. The molecule has 34 heavy (non-hydrogen) atoms. The Kier molecular flexibility index (Phi) is 6.05. The first kappa shape index (κ1) is 22.6. The number of phenols is 1. The summed E-state index contributed by atoms with van der Waals surface area (Å²) in [6.07, 6.45) is 0. The maximum absolute atomic E-state index is 11.4. The standard InChI is InChI=1S/C24H21N5O5/c1-3-27(4-2)21-14-23(30)24(19-12-16-8-6-5-7-15(16)11-18(19)21)26-25-20-10-9-17(28(31)32)13-22(20)29(33)34/h5-14,30H,3-4H2,1-2H3. The summed E-state index contributed by atoms with van der Waals surface area (Å²) in [6, 6.07) is 16.4. The summed E-state index contributed by atoms with van der Waals surface area (Å²) in [7, 11) is 0. The lowest BCUT2D eigenvalue weighted by molar-refractivity contribution is -0.393. The van der Waals surface area contributed by atoms with E-state index < -0.39 is 21.2 Å². The van der Waals surface area contributed by atoms with E-state index in [2.05, 4.69) is 15.1 Å². The molecule has 0 aliphatic carbocycles. The Hall–Kier alpha value is -4.60. The van der Waals surface area contributed by atoms with E-state index in [0.29, 0.717) is 5.39 Å². The van der Waals surface area contributed by atoms with Crippen molar-refractivity contribution in [3.05, 3.63) is 80.9 Å². The second-order valence-electron chi connectivity index (χ2n) is 7.57. The fraction of sp³-hybridized carbons (Fsp3) is 0.167. The van der Waals surface area contributed by atoms with Gasteiger partial charge < -0.3 is 10.0 Å². The van der Waals surface area contributed by atoms with Gasteiger partial charge in [0.2, 0.25) is 0 Å². The molecule has 172 valence electrons. The summed E-state index contributed by atoms with van der Waals surface area (Å²) in [5.41, 5.74) is -0.134. The van der Waals surface area contributed by atoms with E-state index in [9.17, 15) is 25.3 Å². The maximum atomic E-state index is 11.4. The van der Waals surface area contributed by atoms with Gasteiger partial charge in [0.1, 0.15) is 11.4 Å².